The van der Waals surface area contributed by atoms with E-state index < -0.39 is 0 Å². The quantitative estimate of drug-likeness (QED) is 0.623. The fourth-order valence-corrected chi connectivity index (χ4v) is 0.599. The third-order valence-corrected chi connectivity index (χ3v) is 1.32. The molecule has 0 amide bonds. The van der Waals surface area contributed by atoms with Crippen LogP contribution in [0, 0.1) is 48.9 Å². The summed E-state index contributed by atoms with van der Waals surface area (Å²) in [6.45, 7) is 5.35. The predicted molar refractivity (Wildman–Crippen MR) is 73.4 cm³/mol. The van der Waals surface area contributed by atoms with Crippen LogP contribution in [0.25, 0.3) is 0 Å². The van der Waals surface area contributed by atoms with Gasteiger partial charge in [0.05, 0.1) is 5.51 Å². The molecule has 82 valence electrons. The van der Waals surface area contributed by atoms with Gasteiger partial charge in [-0.3, -0.25) is 4.98 Å². The van der Waals surface area contributed by atoms with Gasteiger partial charge in [-0.25, -0.2) is 0 Å². The van der Waals surface area contributed by atoms with Crippen molar-refractivity contribution >= 4 is 11.3 Å². The van der Waals surface area contributed by atoms with Gasteiger partial charge in [0, 0.05) is 11.6 Å². The molecule has 0 bridgehead atoms. The number of hydrogen-bond donors (Lipinski definition) is 0. The molecular formula is C14H15NS. The number of thiazole rings is 1. The highest BCUT2D eigenvalue weighted by Gasteiger charge is 1.59. The number of hydrogen-bond acceptors (Lipinski definition) is 2. The van der Waals surface area contributed by atoms with Gasteiger partial charge < -0.3 is 0 Å². The summed E-state index contributed by atoms with van der Waals surface area (Å²) in [7, 11) is 0. The van der Waals surface area contributed by atoms with Crippen molar-refractivity contribution in [2.75, 3.05) is 0 Å². The van der Waals surface area contributed by atoms with Crippen LogP contribution < -0.4 is 0 Å². The van der Waals surface area contributed by atoms with Gasteiger partial charge in [0.25, 0.3) is 0 Å². The van der Waals surface area contributed by atoms with Crippen LogP contribution in [-0.2, 0) is 0 Å². The maximum Gasteiger partial charge on any atom is 0.0791 e. The van der Waals surface area contributed by atoms with E-state index in [0.717, 1.165) is 0 Å². The molecule has 0 saturated heterocycles. The lowest BCUT2D eigenvalue weighted by Crippen LogP contribution is -1.38. The van der Waals surface area contributed by atoms with Crippen molar-refractivity contribution in [2.45, 2.75) is 20.8 Å². The summed E-state index contributed by atoms with van der Waals surface area (Å²) < 4.78 is 0. The Morgan fingerprint density at radius 1 is 1.06 bits per heavy atom. The molecule has 2 heteroatoms. The van der Waals surface area contributed by atoms with Gasteiger partial charge in [0.1, 0.15) is 0 Å². The standard InChI is InChI=1S/C5H4.C4H6.C3H3NS.C2H2/c1-3-5-4-2;1-3-4-2;1-2-5-3-4-1;1-2/h1H,2H3;1-2H3;1-3H;1-2H. The second-order valence-corrected chi connectivity index (χ2v) is 2.45. The lowest BCUT2D eigenvalue weighted by atomic mass is 10.6. The molecule has 0 radical (unpaired) electrons. The molecule has 0 aliphatic heterocycles. The summed E-state index contributed by atoms with van der Waals surface area (Å²) in [6, 6.07) is 0. The van der Waals surface area contributed by atoms with Gasteiger partial charge in [-0.15, -0.1) is 42.4 Å². The first-order valence-electron chi connectivity index (χ1n) is 4.19. The Balaban J connectivity index is -0.000000148. The fraction of sp³-hybridized carbons (Fsp3) is 0.214. The van der Waals surface area contributed by atoms with Crippen LogP contribution in [0.3, 0.4) is 0 Å². The Morgan fingerprint density at radius 2 is 1.62 bits per heavy atom. The summed E-state index contributed by atoms with van der Waals surface area (Å²) in [5, 5.41) is 1.93. The van der Waals surface area contributed by atoms with Crippen molar-refractivity contribution in [3.63, 3.8) is 0 Å². The molecule has 1 heterocycles. The Kier molecular flexibility index (Phi) is 35.6. The molecule has 0 aliphatic carbocycles. The van der Waals surface area contributed by atoms with E-state index >= 15 is 0 Å². The summed E-state index contributed by atoms with van der Waals surface area (Å²) in [5.41, 5.74) is 1.79. The molecule has 1 aromatic rings. The Bertz CT molecular complexity index is 348. The topological polar surface area (TPSA) is 12.9 Å². The third-order valence-electron chi connectivity index (χ3n) is 0.794. The minimum absolute atomic E-state index is 1.60. The smallest absolute Gasteiger partial charge is 0.0791 e. The van der Waals surface area contributed by atoms with Gasteiger partial charge >= 0.3 is 0 Å². The summed E-state index contributed by atoms with van der Waals surface area (Å²) in [5.74, 6) is 12.4. The van der Waals surface area contributed by atoms with Crippen LogP contribution in [0.4, 0.5) is 0 Å². The van der Waals surface area contributed by atoms with E-state index in [1.807, 2.05) is 19.2 Å². The first-order chi connectivity index (χ1) is 7.83. The van der Waals surface area contributed by atoms with Crippen molar-refractivity contribution < 1.29 is 0 Å². The Labute approximate surface area is 103 Å². The summed E-state index contributed by atoms with van der Waals surface area (Å²) >= 11 is 1.60. The van der Waals surface area contributed by atoms with Gasteiger partial charge in [0.2, 0.25) is 0 Å². The minimum Gasteiger partial charge on any atom is -0.253 e. The largest absolute Gasteiger partial charge is 0.253 e. The molecule has 0 saturated carbocycles. The van der Waals surface area contributed by atoms with Crippen molar-refractivity contribution in [2.24, 2.45) is 0 Å². The average Bonchev–Trinajstić information content (AvgIpc) is 2.92. The predicted octanol–water partition coefficient (Wildman–Crippen LogP) is 3.07. The SMILES string of the molecule is C#C.C#CC#CC.CC#CC.c1cscn1. The van der Waals surface area contributed by atoms with Gasteiger partial charge in [-0.1, -0.05) is 5.92 Å². The highest BCUT2D eigenvalue weighted by molar-refractivity contribution is 7.07. The van der Waals surface area contributed by atoms with E-state index in [0.29, 0.717) is 0 Å². The normalized spacial score (nSPS) is 4.50. The van der Waals surface area contributed by atoms with E-state index in [1.54, 1.807) is 30.0 Å². The molecule has 16 heavy (non-hydrogen) atoms. The maximum atomic E-state index is 4.72. The zero-order valence-corrected chi connectivity index (χ0v) is 10.6. The van der Waals surface area contributed by atoms with Crippen molar-refractivity contribution in [3.8, 4) is 48.9 Å². The average molecular weight is 229 g/mol. The molecule has 0 aliphatic rings. The van der Waals surface area contributed by atoms with E-state index in [1.165, 1.54) is 0 Å². The van der Waals surface area contributed by atoms with E-state index in [9.17, 15) is 0 Å². The zero-order chi connectivity index (χ0) is 13.1. The van der Waals surface area contributed by atoms with Gasteiger partial charge in [-0.2, -0.15) is 0 Å². The fourth-order valence-electron chi connectivity index (χ4n) is 0.248. The molecule has 0 aromatic carbocycles. The van der Waals surface area contributed by atoms with Crippen molar-refractivity contribution in [1.29, 1.82) is 0 Å². The van der Waals surface area contributed by atoms with Crippen molar-refractivity contribution in [1.82, 2.24) is 4.98 Å². The number of nitrogens with zero attached hydrogens (tertiary/aromatic N) is 1. The minimum atomic E-state index is 1.60. The zero-order valence-electron chi connectivity index (χ0n) is 9.82. The van der Waals surface area contributed by atoms with Crippen LogP contribution in [-0.4, -0.2) is 4.98 Å². The second kappa shape index (κ2) is 29.3. The Morgan fingerprint density at radius 3 is 1.69 bits per heavy atom. The molecule has 1 rings (SSSR count). The number of aromatic nitrogens is 1. The molecule has 1 aromatic heterocycles. The van der Waals surface area contributed by atoms with Crippen molar-refractivity contribution in [3.05, 3.63) is 17.1 Å². The second-order valence-electron chi connectivity index (χ2n) is 1.70. The van der Waals surface area contributed by atoms with E-state index in [-0.39, 0.29) is 0 Å². The first kappa shape index (κ1) is 19.4. The molecule has 1 nitrogen and oxygen atoms in total. The van der Waals surface area contributed by atoms with Crippen LogP contribution in [0.2, 0.25) is 0 Å². The van der Waals surface area contributed by atoms with Crippen LogP contribution in [0.5, 0.6) is 0 Å². The summed E-state index contributed by atoms with van der Waals surface area (Å²) in [4.78, 5) is 3.74. The highest BCUT2D eigenvalue weighted by atomic mass is 32.1. The first-order valence-corrected chi connectivity index (χ1v) is 5.14. The molecule has 0 N–H and O–H groups in total. The Hall–Kier alpha value is -2.13. The molecule has 0 spiro atoms. The number of rotatable bonds is 0. The lowest BCUT2D eigenvalue weighted by molar-refractivity contribution is 1.43. The van der Waals surface area contributed by atoms with Crippen LogP contribution >= 0.6 is 11.3 Å². The summed E-state index contributed by atoms with van der Waals surface area (Å²) in [6.07, 6.45) is 14.5. The van der Waals surface area contributed by atoms with E-state index in [4.69, 9.17) is 6.42 Å². The molecule has 0 fully saturated rings. The number of terminal acetylenes is 2. The molecular weight excluding hydrogens is 214 g/mol. The lowest BCUT2D eigenvalue weighted by Gasteiger charge is -1.42. The monoisotopic (exact) mass is 229 g/mol. The maximum absolute atomic E-state index is 4.72. The highest BCUT2D eigenvalue weighted by Crippen LogP contribution is 1.85. The van der Waals surface area contributed by atoms with E-state index in [2.05, 4.69) is 47.4 Å². The third kappa shape index (κ3) is 40.7. The van der Waals surface area contributed by atoms with Crippen LogP contribution in [0.15, 0.2) is 17.1 Å². The van der Waals surface area contributed by atoms with Gasteiger partial charge in [0.15, 0.2) is 0 Å². The van der Waals surface area contributed by atoms with Crippen LogP contribution in [0.1, 0.15) is 20.8 Å². The van der Waals surface area contributed by atoms with Gasteiger partial charge in [-0.05, 0) is 32.6 Å². The molecule has 0 unspecified atom stereocenters. The molecule has 0 atom stereocenters.